The highest BCUT2D eigenvalue weighted by atomic mass is 16.6. The number of methoxy groups -OCH3 is 1. The van der Waals surface area contributed by atoms with E-state index in [0.29, 0.717) is 48.0 Å². The number of hydrogen-bond donors (Lipinski definition) is 1. The number of nitrogen functional groups attached to an aromatic ring is 1. The summed E-state index contributed by atoms with van der Waals surface area (Å²) in [5.41, 5.74) is 8.95. The van der Waals surface area contributed by atoms with Crippen molar-refractivity contribution in [2.75, 3.05) is 33.0 Å². The molecule has 1 amide bonds. The van der Waals surface area contributed by atoms with Crippen LogP contribution in [0, 0.1) is 0 Å². The molecule has 1 atom stereocenters. The first-order chi connectivity index (χ1) is 20.2. The van der Waals surface area contributed by atoms with Crippen LogP contribution in [0.25, 0.3) is 22.2 Å². The number of aromatic nitrogens is 3. The summed E-state index contributed by atoms with van der Waals surface area (Å²) in [5, 5.41) is 0.697. The molecular formula is C32H40N6O4. The molecule has 1 saturated heterocycles. The summed E-state index contributed by atoms with van der Waals surface area (Å²) < 4.78 is 19.5. The van der Waals surface area contributed by atoms with Gasteiger partial charge in [0.2, 0.25) is 5.90 Å². The van der Waals surface area contributed by atoms with E-state index in [1.165, 1.54) is 6.33 Å². The predicted octanol–water partition coefficient (Wildman–Crippen LogP) is 6.70. The van der Waals surface area contributed by atoms with Gasteiger partial charge in [-0.3, -0.25) is 4.99 Å². The molecule has 0 spiro atoms. The molecule has 2 N–H and O–H groups in total. The first-order valence-electron chi connectivity index (χ1n) is 14.2. The lowest BCUT2D eigenvalue weighted by Gasteiger charge is -2.25. The minimum absolute atomic E-state index is 0.111. The fraction of sp³-hybridized carbons (Fsp3) is 0.375. The normalized spacial score (nSPS) is 15.3. The minimum Gasteiger partial charge on any atom is -0.480 e. The molecule has 1 fully saturated rings. The largest absolute Gasteiger partial charge is 0.480 e. The Morgan fingerprint density at radius 3 is 2.31 bits per heavy atom. The van der Waals surface area contributed by atoms with E-state index in [1.54, 1.807) is 19.1 Å². The van der Waals surface area contributed by atoms with Gasteiger partial charge in [0.05, 0.1) is 18.5 Å². The number of amides is 1. The van der Waals surface area contributed by atoms with Crippen molar-refractivity contribution in [3.8, 4) is 22.6 Å². The number of hydrogen-bond acceptors (Lipinski definition) is 8. The van der Waals surface area contributed by atoms with E-state index in [-0.39, 0.29) is 12.1 Å². The maximum atomic E-state index is 12.9. The number of rotatable bonds is 5. The van der Waals surface area contributed by atoms with Crippen LogP contribution in [0.4, 0.5) is 10.6 Å². The van der Waals surface area contributed by atoms with Crippen LogP contribution in [0.5, 0.6) is 11.5 Å². The minimum atomic E-state index is -0.580. The Morgan fingerprint density at radius 2 is 1.69 bits per heavy atom. The third-order valence-electron chi connectivity index (χ3n) is 6.71. The van der Waals surface area contributed by atoms with E-state index in [2.05, 4.69) is 19.5 Å². The van der Waals surface area contributed by atoms with E-state index in [0.717, 1.165) is 22.6 Å². The van der Waals surface area contributed by atoms with E-state index in [4.69, 9.17) is 19.9 Å². The number of nitrogens with two attached hydrogens (primary N) is 1. The summed E-state index contributed by atoms with van der Waals surface area (Å²) in [7, 11) is 3.26. The number of para-hydroxylation sites is 1. The second-order valence-corrected chi connectivity index (χ2v) is 10.6. The number of aliphatic imine (C=N–C) groups is 1. The Balaban J connectivity index is 0.00000198. The van der Waals surface area contributed by atoms with Gasteiger partial charge in [0.1, 0.15) is 40.6 Å². The van der Waals surface area contributed by atoms with E-state index in [1.807, 2.05) is 89.2 Å². The lowest BCUT2D eigenvalue weighted by atomic mass is 10.0. The van der Waals surface area contributed by atoms with Crippen LogP contribution in [0.15, 0.2) is 65.9 Å². The monoisotopic (exact) mass is 572 g/mol. The van der Waals surface area contributed by atoms with E-state index >= 15 is 0 Å². The van der Waals surface area contributed by atoms with E-state index in [9.17, 15) is 4.79 Å². The summed E-state index contributed by atoms with van der Waals surface area (Å²) in [6, 6.07) is 17.3. The van der Waals surface area contributed by atoms with E-state index < -0.39 is 5.60 Å². The van der Waals surface area contributed by atoms with Crippen LogP contribution in [0.2, 0.25) is 0 Å². The molecule has 0 aliphatic carbocycles. The average Bonchev–Trinajstić information content (AvgIpc) is 3.59. The standard InChI is InChI=1S/C30H34N6O4.C2H6/c1-30(2,3)40-29(37)35-16-15-20(17-35)36-25(28(32-4)38-5)23(24-26(31)33-18-34-27(24)36)19-11-13-22(14-12-19)39-21-9-7-6-8-10-21;1-2/h6-14,18,20H,15-17H2,1-5H3,(H2,31,33,34);1-2H3. The molecule has 1 unspecified atom stereocenters. The second-order valence-electron chi connectivity index (χ2n) is 10.6. The number of carbonyl (C=O) groups is 1. The highest BCUT2D eigenvalue weighted by Crippen LogP contribution is 2.41. The van der Waals surface area contributed by atoms with Crippen LogP contribution in [0.3, 0.4) is 0 Å². The molecule has 1 aliphatic heterocycles. The Kier molecular flexibility index (Phi) is 9.35. The smallest absolute Gasteiger partial charge is 0.410 e. The molecule has 10 nitrogen and oxygen atoms in total. The van der Waals surface area contributed by atoms with Gasteiger partial charge in [-0.05, 0) is 57.0 Å². The summed E-state index contributed by atoms with van der Waals surface area (Å²) in [6.45, 7) is 10.6. The molecule has 3 heterocycles. The van der Waals surface area contributed by atoms with Gasteiger partial charge in [-0.25, -0.2) is 14.8 Å². The highest BCUT2D eigenvalue weighted by Gasteiger charge is 2.36. The number of benzene rings is 2. The fourth-order valence-electron chi connectivity index (χ4n) is 5.06. The molecule has 0 bridgehead atoms. The van der Waals surface area contributed by atoms with Gasteiger partial charge in [-0.2, -0.15) is 0 Å². The van der Waals surface area contributed by atoms with Crippen molar-refractivity contribution >= 4 is 28.8 Å². The molecule has 10 heteroatoms. The number of likely N-dealkylation sites (tertiary alicyclic amines) is 1. The topological polar surface area (TPSA) is 117 Å². The third-order valence-corrected chi connectivity index (χ3v) is 6.71. The van der Waals surface area contributed by atoms with Crippen LogP contribution >= 0.6 is 0 Å². The number of ether oxygens (including phenoxy) is 3. The van der Waals surface area contributed by atoms with Crippen molar-refractivity contribution in [2.45, 2.75) is 52.7 Å². The predicted molar refractivity (Wildman–Crippen MR) is 166 cm³/mol. The van der Waals surface area contributed by atoms with Crippen molar-refractivity contribution < 1.29 is 19.0 Å². The molecule has 2 aromatic heterocycles. The summed E-state index contributed by atoms with van der Waals surface area (Å²) in [6.07, 6.45) is 1.81. The summed E-state index contributed by atoms with van der Waals surface area (Å²) in [5.74, 6) is 2.22. The molecule has 5 rings (SSSR count). The van der Waals surface area contributed by atoms with Gasteiger partial charge >= 0.3 is 6.09 Å². The highest BCUT2D eigenvalue weighted by molar-refractivity contribution is 6.12. The van der Waals surface area contributed by atoms with Crippen molar-refractivity contribution in [1.29, 1.82) is 0 Å². The maximum Gasteiger partial charge on any atom is 0.410 e. The van der Waals surface area contributed by atoms with Crippen LogP contribution in [-0.2, 0) is 9.47 Å². The Labute approximate surface area is 247 Å². The SMILES string of the molecule is CC.CN=C(OC)c1c(-c2ccc(Oc3ccccc3)cc2)c2c(N)ncnc2n1C1CCN(C(=O)OC(C)(C)C)C1. The first kappa shape index (κ1) is 30.4. The van der Waals surface area contributed by atoms with Crippen molar-refractivity contribution in [3.63, 3.8) is 0 Å². The quantitative estimate of drug-likeness (QED) is 0.209. The molecule has 4 aromatic rings. The molecule has 0 saturated carbocycles. The summed E-state index contributed by atoms with van der Waals surface area (Å²) in [4.78, 5) is 28.0. The van der Waals surface area contributed by atoms with Crippen molar-refractivity contribution in [2.24, 2.45) is 4.99 Å². The fourth-order valence-corrected chi connectivity index (χ4v) is 5.06. The third kappa shape index (κ3) is 6.32. The van der Waals surface area contributed by atoms with Crippen LogP contribution in [-0.4, -0.2) is 64.3 Å². The van der Waals surface area contributed by atoms with Crippen LogP contribution < -0.4 is 10.5 Å². The van der Waals surface area contributed by atoms with Gasteiger partial charge in [0.15, 0.2) is 0 Å². The van der Waals surface area contributed by atoms with Gasteiger partial charge in [-0.15, -0.1) is 0 Å². The van der Waals surface area contributed by atoms with Crippen molar-refractivity contribution in [1.82, 2.24) is 19.4 Å². The number of fused-ring (bicyclic) bond motifs is 1. The Morgan fingerprint density at radius 1 is 1.02 bits per heavy atom. The van der Waals surface area contributed by atoms with Gasteiger partial charge in [0, 0.05) is 25.7 Å². The zero-order valence-electron chi connectivity index (χ0n) is 25.4. The van der Waals surface area contributed by atoms with Gasteiger partial charge in [-0.1, -0.05) is 44.2 Å². The number of anilines is 1. The maximum absolute atomic E-state index is 12.9. The number of nitrogens with zero attached hydrogens (tertiary/aromatic N) is 5. The second kappa shape index (κ2) is 12.9. The zero-order chi connectivity index (χ0) is 30.4. The molecular weight excluding hydrogens is 532 g/mol. The lowest BCUT2D eigenvalue weighted by Crippen LogP contribution is -2.35. The first-order valence-corrected chi connectivity index (χ1v) is 14.2. The molecule has 1 aliphatic rings. The molecule has 2 aromatic carbocycles. The van der Waals surface area contributed by atoms with Crippen LogP contribution in [0.1, 0.15) is 52.8 Å². The Hall–Kier alpha value is -4.60. The zero-order valence-corrected chi connectivity index (χ0v) is 25.4. The molecule has 42 heavy (non-hydrogen) atoms. The Bertz CT molecular complexity index is 1540. The number of carbonyl (C=O) groups excluding carboxylic acids is 1. The van der Waals surface area contributed by atoms with Gasteiger partial charge < -0.3 is 29.4 Å². The van der Waals surface area contributed by atoms with Crippen molar-refractivity contribution in [3.05, 3.63) is 66.6 Å². The van der Waals surface area contributed by atoms with Gasteiger partial charge in [0.25, 0.3) is 0 Å². The lowest BCUT2D eigenvalue weighted by molar-refractivity contribution is 0.0289. The molecule has 222 valence electrons. The average molecular weight is 573 g/mol. The summed E-state index contributed by atoms with van der Waals surface area (Å²) >= 11 is 0. The molecule has 0 radical (unpaired) electrons.